The van der Waals surface area contributed by atoms with Crippen LogP contribution in [0.2, 0.25) is 0 Å². The number of thiazole rings is 1. The van der Waals surface area contributed by atoms with E-state index in [0.717, 1.165) is 10.8 Å². The third kappa shape index (κ3) is 2.67. The average Bonchev–Trinajstić information content (AvgIpc) is 2.97. The van der Waals surface area contributed by atoms with Crippen LogP contribution in [0.5, 0.6) is 0 Å². The Hall–Kier alpha value is -2.67. The Labute approximate surface area is 119 Å². The highest BCUT2D eigenvalue weighted by atomic mass is 32.1. The molecule has 3 aromatic rings. The second kappa shape index (κ2) is 5.54. The van der Waals surface area contributed by atoms with Crippen molar-refractivity contribution in [3.05, 3.63) is 48.2 Å². The Morgan fingerprint density at radius 2 is 1.70 bits per heavy atom. The molecule has 1 aromatic carbocycles. The van der Waals surface area contributed by atoms with Crippen LogP contribution in [0.1, 0.15) is 0 Å². The van der Waals surface area contributed by atoms with Crippen molar-refractivity contribution < 1.29 is 0 Å². The third-order valence-electron chi connectivity index (χ3n) is 2.58. The summed E-state index contributed by atoms with van der Waals surface area (Å²) in [6, 6.07) is 9.71. The van der Waals surface area contributed by atoms with Crippen molar-refractivity contribution in [2.24, 2.45) is 0 Å². The number of benzene rings is 1. The molecular formula is C13H12N6S. The lowest BCUT2D eigenvalue weighted by Crippen LogP contribution is -2.04. The highest BCUT2D eigenvalue weighted by molar-refractivity contribution is 7.13. The molecule has 0 saturated heterocycles. The summed E-state index contributed by atoms with van der Waals surface area (Å²) in [5.41, 5.74) is 7.44. The van der Waals surface area contributed by atoms with E-state index in [1.807, 2.05) is 35.7 Å². The molecule has 0 fully saturated rings. The highest BCUT2D eigenvalue weighted by Crippen LogP contribution is 2.28. The number of hydrogen-bond acceptors (Lipinski definition) is 7. The van der Waals surface area contributed by atoms with E-state index >= 15 is 0 Å². The van der Waals surface area contributed by atoms with Crippen molar-refractivity contribution in [3.8, 4) is 0 Å². The topological polar surface area (TPSA) is 88.8 Å². The van der Waals surface area contributed by atoms with Crippen LogP contribution < -0.4 is 16.4 Å². The van der Waals surface area contributed by atoms with Gasteiger partial charge in [0.25, 0.3) is 0 Å². The van der Waals surface area contributed by atoms with E-state index < -0.39 is 0 Å². The zero-order chi connectivity index (χ0) is 13.8. The lowest BCUT2D eigenvalue weighted by molar-refractivity contribution is 1.17. The SMILES string of the molecule is Nc1c(Nc2ccccc2)ncnc1Nc1nccs1. The molecule has 6 nitrogen and oxygen atoms in total. The summed E-state index contributed by atoms with van der Waals surface area (Å²) >= 11 is 1.48. The van der Waals surface area contributed by atoms with Gasteiger partial charge < -0.3 is 16.4 Å². The molecule has 0 unspecified atom stereocenters. The fourth-order valence-electron chi connectivity index (χ4n) is 1.64. The maximum Gasteiger partial charge on any atom is 0.188 e. The molecule has 0 radical (unpaired) electrons. The second-order valence-corrected chi connectivity index (χ2v) is 4.83. The van der Waals surface area contributed by atoms with Crippen LogP contribution in [0.25, 0.3) is 0 Å². The van der Waals surface area contributed by atoms with Gasteiger partial charge in [0.1, 0.15) is 12.0 Å². The number of nitrogen functional groups attached to an aromatic ring is 1. The second-order valence-electron chi connectivity index (χ2n) is 3.94. The van der Waals surface area contributed by atoms with Gasteiger partial charge in [-0.1, -0.05) is 18.2 Å². The summed E-state index contributed by atoms with van der Waals surface area (Å²) in [6.07, 6.45) is 3.17. The molecule has 0 aliphatic heterocycles. The van der Waals surface area contributed by atoms with Gasteiger partial charge in [-0.2, -0.15) is 0 Å². The van der Waals surface area contributed by atoms with Crippen LogP contribution in [-0.2, 0) is 0 Å². The summed E-state index contributed by atoms with van der Waals surface area (Å²) < 4.78 is 0. The number of anilines is 5. The molecule has 2 aromatic heterocycles. The third-order valence-corrected chi connectivity index (χ3v) is 3.27. The van der Waals surface area contributed by atoms with E-state index in [0.29, 0.717) is 17.3 Å². The van der Waals surface area contributed by atoms with Crippen molar-refractivity contribution in [1.82, 2.24) is 15.0 Å². The normalized spacial score (nSPS) is 10.2. The van der Waals surface area contributed by atoms with E-state index in [2.05, 4.69) is 25.6 Å². The Balaban J connectivity index is 1.85. The van der Waals surface area contributed by atoms with E-state index in [-0.39, 0.29) is 0 Å². The summed E-state index contributed by atoms with van der Waals surface area (Å²) in [5, 5.41) is 8.84. The first-order chi connectivity index (χ1) is 9.83. The van der Waals surface area contributed by atoms with Crippen LogP contribution in [0.4, 0.5) is 28.1 Å². The maximum atomic E-state index is 6.07. The van der Waals surface area contributed by atoms with Gasteiger partial charge in [-0.15, -0.1) is 11.3 Å². The molecule has 0 saturated carbocycles. The van der Waals surface area contributed by atoms with Gasteiger partial charge in [-0.3, -0.25) is 0 Å². The number of para-hydroxylation sites is 1. The molecule has 0 amide bonds. The van der Waals surface area contributed by atoms with E-state index in [4.69, 9.17) is 5.73 Å². The molecule has 0 bridgehead atoms. The van der Waals surface area contributed by atoms with Crippen molar-refractivity contribution in [1.29, 1.82) is 0 Å². The molecule has 0 atom stereocenters. The minimum absolute atomic E-state index is 0.451. The zero-order valence-electron chi connectivity index (χ0n) is 10.4. The van der Waals surface area contributed by atoms with Gasteiger partial charge >= 0.3 is 0 Å². The largest absolute Gasteiger partial charge is 0.393 e. The van der Waals surface area contributed by atoms with Crippen LogP contribution in [0.15, 0.2) is 48.2 Å². The van der Waals surface area contributed by atoms with Crippen LogP contribution in [-0.4, -0.2) is 15.0 Å². The lowest BCUT2D eigenvalue weighted by Gasteiger charge is -2.11. The lowest BCUT2D eigenvalue weighted by atomic mass is 10.3. The van der Waals surface area contributed by atoms with Crippen LogP contribution >= 0.6 is 11.3 Å². The molecule has 4 N–H and O–H groups in total. The van der Waals surface area contributed by atoms with E-state index in [1.54, 1.807) is 6.20 Å². The van der Waals surface area contributed by atoms with Gasteiger partial charge in [0.2, 0.25) is 0 Å². The number of nitrogens with two attached hydrogens (primary N) is 1. The van der Waals surface area contributed by atoms with Crippen LogP contribution in [0, 0.1) is 0 Å². The monoisotopic (exact) mass is 284 g/mol. The molecular weight excluding hydrogens is 272 g/mol. The Morgan fingerprint density at radius 1 is 0.950 bits per heavy atom. The van der Waals surface area contributed by atoms with Crippen molar-refractivity contribution in [2.75, 3.05) is 16.4 Å². The average molecular weight is 284 g/mol. The first-order valence-electron chi connectivity index (χ1n) is 5.92. The highest BCUT2D eigenvalue weighted by Gasteiger charge is 2.09. The first kappa shape index (κ1) is 12.4. The van der Waals surface area contributed by atoms with E-state index in [9.17, 15) is 0 Å². The summed E-state index contributed by atoms with van der Waals surface area (Å²) in [7, 11) is 0. The number of rotatable bonds is 4. The molecule has 3 rings (SSSR count). The molecule has 2 heterocycles. The van der Waals surface area contributed by atoms with Gasteiger partial charge in [-0.05, 0) is 12.1 Å². The summed E-state index contributed by atoms with van der Waals surface area (Å²) in [4.78, 5) is 12.4. The molecule has 100 valence electrons. The van der Waals surface area contributed by atoms with Gasteiger partial charge in [0.15, 0.2) is 16.8 Å². The molecule has 0 aliphatic carbocycles. The summed E-state index contributed by atoms with van der Waals surface area (Å²) in [6.45, 7) is 0. The fourth-order valence-corrected chi connectivity index (χ4v) is 2.17. The smallest absolute Gasteiger partial charge is 0.188 e. The number of nitrogens with zero attached hydrogens (tertiary/aromatic N) is 3. The van der Waals surface area contributed by atoms with Gasteiger partial charge in [0.05, 0.1) is 0 Å². The van der Waals surface area contributed by atoms with Crippen LogP contribution in [0.3, 0.4) is 0 Å². The Kier molecular flexibility index (Phi) is 3.42. The number of nitrogens with one attached hydrogen (secondary N) is 2. The first-order valence-corrected chi connectivity index (χ1v) is 6.80. The van der Waals surface area contributed by atoms with Gasteiger partial charge in [0, 0.05) is 17.3 Å². The van der Waals surface area contributed by atoms with E-state index in [1.165, 1.54) is 17.7 Å². The maximum absolute atomic E-state index is 6.07. The number of aromatic nitrogens is 3. The Bertz CT molecular complexity index is 683. The Morgan fingerprint density at radius 3 is 2.40 bits per heavy atom. The minimum atomic E-state index is 0.451. The fraction of sp³-hybridized carbons (Fsp3) is 0. The predicted octanol–water partition coefficient (Wildman–Crippen LogP) is 3.00. The van der Waals surface area contributed by atoms with Crippen molar-refractivity contribution in [2.45, 2.75) is 0 Å². The van der Waals surface area contributed by atoms with Crippen molar-refractivity contribution in [3.63, 3.8) is 0 Å². The zero-order valence-corrected chi connectivity index (χ0v) is 11.3. The quantitative estimate of drug-likeness (QED) is 0.682. The molecule has 20 heavy (non-hydrogen) atoms. The molecule has 7 heteroatoms. The number of hydrogen-bond donors (Lipinski definition) is 3. The van der Waals surface area contributed by atoms with Gasteiger partial charge in [-0.25, -0.2) is 15.0 Å². The standard InChI is InChI=1S/C13H12N6S/c14-10-11(18-9-4-2-1-3-5-9)16-8-17-12(10)19-13-15-6-7-20-13/h1-8H,14H2,(H2,15,16,17,18,19). The minimum Gasteiger partial charge on any atom is -0.393 e. The summed E-state index contributed by atoms with van der Waals surface area (Å²) in [5.74, 6) is 1.10. The molecule has 0 aliphatic rings. The predicted molar refractivity (Wildman–Crippen MR) is 81.6 cm³/mol. The van der Waals surface area contributed by atoms with Crippen molar-refractivity contribution >= 4 is 39.5 Å². The molecule has 0 spiro atoms.